The van der Waals surface area contributed by atoms with E-state index in [9.17, 15) is 14.5 Å². The van der Waals surface area contributed by atoms with Gasteiger partial charge < -0.3 is 5.32 Å². The van der Waals surface area contributed by atoms with Crippen LogP contribution in [0.4, 0.5) is 15.8 Å². The van der Waals surface area contributed by atoms with Crippen LogP contribution in [-0.2, 0) is 0 Å². The third kappa shape index (κ3) is 1.71. The maximum atomic E-state index is 13.1. The minimum Gasteiger partial charge on any atom is -0.388 e. The molecule has 0 aromatic heterocycles. The molecule has 0 saturated carbocycles. The summed E-state index contributed by atoms with van der Waals surface area (Å²) >= 11 is 0. The molecular formula is C9H9FN2O2. The number of rotatable bonds is 3. The van der Waals surface area contributed by atoms with E-state index < -0.39 is 16.4 Å². The van der Waals surface area contributed by atoms with Gasteiger partial charge in [0.2, 0.25) is 5.82 Å². The highest BCUT2D eigenvalue weighted by Gasteiger charge is 2.16. The lowest BCUT2D eigenvalue weighted by Crippen LogP contribution is -1.97. The predicted molar refractivity (Wildman–Crippen MR) is 52.7 cm³/mol. The zero-order valence-corrected chi connectivity index (χ0v) is 7.58. The summed E-state index contributed by atoms with van der Waals surface area (Å²) in [6.07, 6.45) is 1.43. The van der Waals surface area contributed by atoms with E-state index in [2.05, 4.69) is 11.9 Å². The monoisotopic (exact) mass is 196 g/mol. The fourth-order valence-corrected chi connectivity index (χ4v) is 1.10. The van der Waals surface area contributed by atoms with E-state index in [4.69, 9.17) is 0 Å². The van der Waals surface area contributed by atoms with Gasteiger partial charge in [0.25, 0.3) is 0 Å². The topological polar surface area (TPSA) is 55.2 Å². The van der Waals surface area contributed by atoms with Crippen LogP contribution in [0, 0.1) is 15.9 Å². The minimum atomic E-state index is -0.857. The molecule has 74 valence electrons. The van der Waals surface area contributed by atoms with Crippen LogP contribution in [0.25, 0.3) is 6.08 Å². The van der Waals surface area contributed by atoms with E-state index in [-0.39, 0.29) is 0 Å². The van der Waals surface area contributed by atoms with Crippen LogP contribution in [0.3, 0.4) is 0 Å². The largest absolute Gasteiger partial charge is 0.388 e. The van der Waals surface area contributed by atoms with Crippen molar-refractivity contribution < 1.29 is 9.31 Å². The summed E-state index contributed by atoms with van der Waals surface area (Å²) in [5.41, 5.74) is 0.433. The van der Waals surface area contributed by atoms with E-state index in [0.29, 0.717) is 11.3 Å². The number of hydrogen-bond donors (Lipinski definition) is 1. The lowest BCUT2D eigenvalue weighted by atomic mass is 10.1. The Morgan fingerprint density at radius 2 is 2.29 bits per heavy atom. The van der Waals surface area contributed by atoms with Gasteiger partial charge in [-0.15, -0.1) is 0 Å². The summed E-state index contributed by atoms with van der Waals surface area (Å²) in [5, 5.41) is 13.1. The molecule has 0 radical (unpaired) electrons. The van der Waals surface area contributed by atoms with Crippen molar-refractivity contribution in [3.05, 3.63) is 40.2 Å². The number of nitro groups is 1. The summed E-state index contributed by atoms with van der Waals surface area (Å²) in [6, 6.07) is 2.23. The Labute approximate surface area is 80.2 Å². The van der Waals surface area contributed by atoms with Gasteiger partial charge in [-0.05, 0) is 0 Å². The lowest BCUT2D eigenvalue weighted by Gasteiger charge is -2.05. The number of halogens is 1. The standard InChI is InChI=1S/C9H9FN2O2/c1-3-6-4-9(12(13)14)7(10)5-8(6)11-2/h3-5,11H,1H2,2H3. The Hall–Kier alpha value is -1.91. The van der Waals surface area contributed by atoms with Crippen molar-refractivity contribution in [2.45, 2.75) is 0 Å². The molecule has 0 aliphatic carbocycles. The molecule has 1 aromatic rings. The number of anilines is 1. The van der Waals surface area contributed by atoms with Crippen molar-refractivity contribution in [1.82, 2.24) is 0 Å². The van der Waals surface area contributed by atoms with Crippen LogP contribution in [0.15, 0.2) is 18.7 Å². The van der Waals surface area contributed by atoms with Gasteiger partial charge in [0.15, 0.2) is 0 Å². The third-order valence-electron chi connectivity index (χ3n) is 1.80. The molecule has 0 saturated heterocycles. The Morgan fingerprint density at radius 1 is 1.64 bits per heavy atom. The van der Waals surface area contributed by atoms with E-state index in [1.54, 1.807) is 7.05 Å². The Bertz CT molecular complexity index is 391. The molecule has 0 heterocycles. The predicted octanol–water partition coefficient (Wildman–Crippen LogP) is 2.42. The summed E-state index contributed by atoms with van der Waals surface area (Å²) < 4.78 is 13.1. The summed E-state index contributed by atoms with van der Waals surface area (Å²) in [5.74, 6) is -0.857. The second kappa shape index (κ2) is 3.87. The first-order chi connectivity index (χ1) is 6.60. The highest BCUT2D eigenvalue weighted by molar-refractivity contribution is 5.68. The van der Waals surface area contributed by atoms with Crippen LogP contribution in [0.2, 0.25) is 0 Å². The molecule has 0 aliphatic rings. The molecule has 0 spiro atoms. The highest BCUT2D eigenvalue weighted by Crippen LogP contribution is 2.26. The Morgan fingerprint density at radius 3 is 2.71 bits per heavy atom. The Balaban J connectivity index is 3.37. The van der Waals surface area contributed by atoms with Gasteiger partial charge in [-0.1, -0.05) is 12.7 Å². The first-order valence-electron chi connectivity index (χ1n) is 3.88. The third-order valence-corrected chi connectivity index (χ3v) is 1.80. The fraction of sp³-hybridized carbons (Fsp3) is 0.111. The van der Waals surface area contributed by atoms with Crippen LogP contribution in [0.1, 0.15) is 5.56 Å². The zero-order chi connectivity index (χ0) is 10.7. The molecule has 14 heavy (non-hydrogen) atoms. The molecule has 0 fully saturated rings. The van der Waals surface area contributed by atoms with Crippen molar-refractivity contribution in [3.8, 4) is 0 Å². The van der Waals surface area contributed by atoms with E-state index in [0.717, 1.165) is 12.1 Å². The van der Waals surface area contributed by atoms with Crippen molar-refractivity contribution in [1.29, 1.82) is 0 Å². The molecular weight excluding hydrogens is 187 g/mol. The number of hydrogen-bond acceptors (Lipinski definition) is 3. The second-order valence-electron chi connectivity index (χ2n) is 2.60. The summed E-state index contributed by atoms with van der Waals surface area (Å²) in [4.78, 5) is 9.64. The maximum Gasteiger partial charge on any atom is 0.305 e. The number of nitrogens with zero attached hydrogens (tertiary/aromatic N) is 1. The first kappa shape index (κ1) is 10.2. The normalized spacial score (nSPS) is 9.57. The van der Waals surface area contributed by atoms with Crippen molar-refractivity contribution in [2.75, 3.05) is 12.4 Å². The quantitative estimate of drug-likeness (QED) is 0.596. The number of benzene rings is 1. The number of nitro benzene ring substituents is 1. The maximum absolute atomic E-state index is 13.1. The lowest BCUT2D eigenvalue weighted by molar-refractivity contribution is -0.387. The molecule has 1 aromatic carbocycles. The molecule has 5 heteroatoms. The minimum absolute atomic E-state index is 0.475. The van der Waals surface area contributed by atoms with Gasteiger partial charge in [0, 0.05) is 30.4 Å². The van der Waals surface area contributed by atoms with Gasteiger partial charge in [0.05, 0.1) is 4.92 Å². The SMILES string of the molecule is C=Cc1cc([N+](=O)[O-])c(F)cc1NC. The van der Waals surface area contributed by atoms with Gasteiger partial charge in [0.1, 0.15) is 0 Å². The van der Waals surface area contributed by atoms with Crippen LogP contribution in [0.5, 0.6) is 0 Å². The van der Waals surface area contributed by atoms with Crippen LogP contribution < -0.4 is 5.32 Å². The molecule has 0 aliphatic heterocycles. The van der Waals surface area contributed by atoms with Gasteiger partial charge >= 0.3 is 5.69 Å². The number of nitrogens with one attached hydrogen (secondary N) is 1. The molecule has 0 unspecified atom stereocenters. The second-order valence-corrected chi connectivity index (χ2v) is 2.60. The zero-order valence-electron chi connectivity index (χ0n) is 7.58. The molecule has 0 bridgehead atoms. The molecule has 0 amide bonds. The smallest absolute Gasteiger partial charge is 0.305 e. The molecule has 1 rings (SSSR count). The highest BCUT2D eigenvalue weighted by atomic mass is 19.1. The van der Waals surface area contributed by atoms with Gasteiger partial charge in [-0.2, -0.15) is 4.39 Å². The molecule has 0 atom stereocenters. The van der Waals surface area contributed by atoms with Gasteiger partial charge in [-0.25, -0.2) is 0 Å². The fourth-order valence-electron chi connectivity index (χ4n) is 1.10. The average molecular weight is 196 g/mol. The molecule has 1 N–H and O–H groups in total. The van der Waals surface area contributed by atoms with E-state index in [1.807, 2.05) is 0 Å². The van der Waals surface area contributed by atoms with E-state index >= 15 is 0 Å². The van der Waals surface area contributed by atoms with Crippen molar-refractivity contribution in [2.24, 2.45) is 0 Å². The van der Waals surface area contributed by atoms with Crippen molar-refractivity contribution >= 4 is 17.5 Å². The van der Waals surface area contributed by atoms with Crippen LogP contribution in [-0.4, -0.2) is 12.0 Å². The average Bonchev–Trinajstić information content (AvgIpc) is 2.16. The Kier molecular flexibility index (Phi) is 2.81. The summed E-state index contributed by atoms with van der Waals surface area (Å²) in [7, 11) is 1.60. The summed E-state index contributed by atoms with van der Waals surface area (Å²) in [6.45, 7) is 3.48. The van der Waals surface area contributed by atoms with Crippen LogP contribution >= 0.6 is 0 Å². The van der Waals surface area contributed by atoms with Crippen molar-refractivity contribution in [3.63, 3.8) is 0 Å². The molecule has 4 nitrogen and oxygen atoms in total. The van der Waals surface area contributed by atoms with Gasteiger partial charge in [-0.3, -0.25) is 10.1 Å². The van der Waals surface area contributed by atoms with E-state index in [1.165, 1.54) is 6.08 Å². The first-order valence-corrected chi connectivity index (χ1v) is 3.88.